The highest BCUT2D eigenvalue weighted by molar-refractivity contribution is 5.85. The van der Waals surface area contributed by atoms with Gasteiger partial charge in [0.25, 0.3) is 5.69 Å². The lowest BCUT2D eigenvalue weighted by molar-refractivity contribution is -0.383. The highest BCUT2D eigenvalue weighted by Crippen LogP contribution is 2.27. The third kappa shape index (κ3) is 6.31. The molecule has 0 saturated carbocycles. The van der Waals surface area contributed by atoms with Gasteiger partial charge in [0, 0.05) is 42.6 Å². The molecule has 1 aliphatic rings. The van der Waals surface area contributed by atoms with Gasteiger partial charge in [-0.3, -0.25) is 10.1 Å². The molecule has 1 saturated heterocycles. The number of aromatic nitrogens is 2. The molecule has 1 fully saturated rings. The van der Waals surface area contributed by atoms with E-state index in [0.29, 0.717) is 11.6 Å². The number of piperidine rings is 1. The van der Waals surface area contributed by atoms with Crippen molar-refractivity contribution >= 4 is 53.6 Å². The number of rotatable bonds is 6. The Hall–Kier alpha value is -2.36. The Balaban J connectivity index is 0.00000210. The fourth-order valence-corrected chi connectivity index (χ4v) is 3.21. The summed E-state index contributed by atoms with van der Waals surface area (Å²) in [6.45, 7) is 3.76. The second-order valence-corrected chi connectivity index (χ2v) is 6.80. The SMILES string of the molecule is CCCc1cc(N2CCC[C@@H](N)C2)nc(Nc2ccc(N)c([N+](=O)[O-])c2)n1.Cl.Cl. The quantitative estimate of drug-likeness (QED) is 0.350. The number of halogens is 2. The van der Waals surface area contributed by atoms with Crippen LogP contribution < -0.4 is 21.7 Å². The summed E-state index contributed by atoms with van der Waals surface area (Å²) in [6, 6.07) is 6.70. The van der Waals surface area contributed by atoms with Crippen LogP contribution in [0.3, 0.4) is 0 Å². The Morgan fingerprint density at radius 3 is 2.72 bits per heavy atom. The molecule has 1 atom stereocenters. The summed E-state index contributed by atoms with van der Waals surface area (Å²) in [6.07, 6.45) is 3.83. The van der Waals surface area contributed by atoms with Crippen molar-refractivity contribution in [3.63, 3.8) is 0 Å². The lowest BCUT2D eigenvalue weighted by Gasteiger charge is -2.32. The molecular weight excluding hydrogens is 417 g/mol. The van der Waals surface area contributed by atoms with Crippen LogP contribution in [-0.4, -0.2) is 34.0 Å². The maximum atomic E-state index is 11.1. The van der Waals surface area contributed by atoms with Gasteiger partial charge in [-0.1, -0.05) is 13.3 Å². The molecule has 29 heavy (non-hydrogen) atoms. The van der Waals surface area contributed by atoms with Gasteiger partial charge in [-0.05, 0) is 31.4 Å². The second kappa shape index (κ2) is 11.0. The summed E-state index contributed by atoms with van der Waals surface area (Å²) in [5, 5.41) is 14.2. The summed E-state index contributed by atoms with van der Waals surface area (Å²) < 4.78 is 0. The number of nitrogens with one attached hydrogen (secondary N) is 1. The molecule has 0 aliphatic carbocycles. The Bertz CT molecular complexity index is 838. The van der Waals surface area contributed by atoms with Crippen LogP contribution >= 0.6 is 24.8 Å². The number of nitro benzene ring substituents is 1. The zero-order valence-electron chi connectivity index (χ0n) is 16.2. The lowest BCUT2D eigenvalue weighted by Crippen LogP contribution is -2.43. The number of nitro groups is 1. The molecule has 1 aromatic carbocycles. The number of nitrogens with two attached hydrogens (primary N) is 2. The lowest BCUT2D eigenvalue weighted by atomic mass is 10.1. The topological polar surface area (TPSA) is 136 Å². The van der Waals surface area contributed by atoms with Crippen molar-refractivity contribution in [1.29, 1.82) is 0 Å². The van der Waals surface area contributed by atoms with E-state index in [4.69, 9.17) is 11.5 Å². The number of hydrogen-bond donors (Lipinski definition) is 3. The monoisotopic (exact) mass is 443 g/mol. The van der Waals surface area contributed by atoms with E-state index in [1.807, 2.05) is 6.07 Å². The van der Waals surface area contributed by atoms with E-state index in [2.05, 4.69) is 27.1 Å². The van der Waals surface area contributed by atoms with Crippen LogP contribution in [0.15, 0.2) is 24.3 Å². The third-order valence-electron chi connectivity index (χ3n) is 4.54. The van der Waals surface area contributed by atoms with E-state index in [9.17, 15) is 10.1 Å². The first-order valence-electron chi connectivity index (χ1n) is 9.15. The van der Waals surface area contributed by atoms with Crippen LogP contribution in [0.25, 0.3) is 0 Å². The Labute approximate surface area is 182 Å². The van der Waals surface area contributed by atoms with Crippen LogP contribution in [0, 0.1) is 10.1 Å². The molecule has 2 heterocycles. The van der Waals surface area contributed by atoms with E-state index in [1.54, 1.807) is 6.07 Å². The molecule has 3 rings (SSSR count). The Kier molecular flexibility index (Phi) is 9.35. The summed E-state index contributed by atoms with van der Waals surface area (Å²) in [5.41, 5.74) is 13.2. The smallest absolute Gasteiger partial charge is 0.294 e. The molecule has 160 valence electrons. The van der Waals surface area contributed by atoms with Crippen LogP contribution in [0.1, 0.15) is 31.9 Å². The first-order valence-corrected chi connectivity index (χ1v) is 9.15. The zero-order chi connectivity index (χ0) is 19.4. The highest BCUT2D eigenvalue weighted by Gasteiger charge is 2.20. The van der Waals surface area contributed by atoms with Crippen molar-refractivity contribution in [3.05, 3.63) is 40.1 Å². The molecule has 11 heteroatoms. The van der Waals surface area contributed by atoms with Crippen molar-refractivity contribution in [2.75, 3.05) is 29.0 Å². The Morgan fingerprint density at radius 2 is 2.07 bits per heavy atom. The first kappa shape index (κ1) is 24.7. The first-order chi connectivity index (χ1) is 13.0. The fraction of sp³-hybridized carbons (Fsp3) is 0.444. The highest BCUT2D eigenvalue weighted by atomic mass is 35.5. The van der Waals surface area contributed by atoms with Gasteiger partial charge in [-0.15, -0.1) is 24.8 Å². The van der Waals surface area contributed by atoms with Gasteiger partial charge in [0.15, 0.2) is 0 Å². The molecular formula is C18H27Cl2N7O2. The van der Waals surface area contributed by atoms with Gasteiger partial charge < -0.3 is 21.7 Å². The fourth-order valence-electron chi connectivity index (χ4n) is 3.21. The number of benzene rings is 1. The maximum Gasteiger partial charge on any atom is 0.294 e. The molecule has 0 unspecified atom stereocenters. The molecule has 1 aromatic heterocycles. The maximum absolute atomic E-state index is 11.1. The van der Waals surface area contributed by atoms with Gasteiger partial charge >= 0.3 is 0 Å². The van der Waals surface area contributed by atoms with Gasteiger partial charge in [-0.2, -0.15) is 4.98 Å². The Morgan fingerprint density at radius 1 is 1.31 bits per heavy atom. The molecule has 0 radical (unpaired) electrons. The number of hydrogen-bond acceptors (Lipinski definition) is 8. The summed E-state index contributed by atoms with van der Waals surface area (Å²) >= 11 is 0. The minimum atomic E-state index is -0.505. The molecule has 0 spiro atoms. The average Bonchev–Trinajstić information content (AvgIpc) is 2.63. The number of nitrogens with zero attached hydrogens (tertiary/aromatic N) is 4. The van der Waals surface area contributed by atoms with E-state index in [1.165, 1.54) is 12.1 Å². The standard InChI is InChI=1S/C18H25N7O2.2ClH/c1-2-4-13-10-17(24-8-3-5-12(19)11-24)23-18(21-13)22-14-6-7-15(20)16(9-14)25(26)27;;/h6-7,9-10,12H,2-5,8,11,19-20H2,1H3,(H,21,22,23);2*1H/t12-;;/m1../s1. The normalized spacial score (nSPS) is 15.8. The zero-order valence-corrected chi connectivity index (χ0v) is 17.8. The van der Waals surface area contributed by atoms with E-state index in [-0.39, 0.29) is 42.2 Å². The summed E-state index contributed by atoms with van der Waals surface area (Å²) in [4.78, 5) is 21.9. The summed E-state index contributed by atoms with van der Waals surface area (Å²) in [5.74, 6) is 1.24. The molecule has 1 aliphatic heterocycles. The van der Waals surface area contributed by atoms with Gasteiger partial charge in [-0.25, -0.2) is 4.98 Å². The molecule has 2 aromatic rings. The van der Waals surface area contributed by atoms with Gasteiger partial charge in [0.1, 0.15) is 11.5 Å². The second-order valence-electron chi connectivity index (χ2n) is 6.80. The van der Waals surface area contributed by atoms with E-state index < -0.39 is 4.92 Å². The van der Waals surface area contributed by atoms with Crippen molar-refractivity contribution in [3.8, 4) is 0 Å². The number of nitrogen functional groups attached to an aromatic ring is 1. The largest absolute Gasteiger partial charge is 0.393 e. The van der Waals surface area contributed by atoms with E-state index >= 15 is 0 Å². The van der Waals surface area contributed by atoms with Gasteiger partial charge in [0.2, 0.25) is 5.95 Å². The predicted octanol–water partition coefficient (Wildman–Crippen LogP) is 3.43. The number of anilines is 4. The van der Waals surface area contributed by atoms with Crippen molar-refractivity contribution in [2.24, 2.45) is 5.73 Å². The van der Waals surface area contributed by atoms with Crippen LogP contribution in [0.2, 0.25) is 0 Å². The minimum Gasteiger partial charge on any atom is -0.393 e. The van der Waals surface area contributed by atoms with Gasteiger partial charge in [0.05, 0.1) is 4.92 Å². The molecule has 0 amide bonds. The van der Waals surface area contributed by atoms with Crippen molar-refractivity contribution in [2.45, 2.75) is 38.6 Å². The van der Waals surface area contributed by atoms with E-state index in [0.717, 1.165) is 50.3 Å². The predicted molar refractivity (Wildman–Crippen MR) is 121 cm³/mol. The van der Waals surface area contributed by atoms with Crippen molar-refractivity contribution in [1.82, 2.24) is 9.97 Å². The van der Waals surface area contributed by atoms with Crippen LogP contribution in [-0.2, 0) is 6.42 Å². The minimum absolute atomic E-state index is 0. The summed E-state index contributed by atoms with van der Waals surface area (Å²) in [7, 11) is 0. The van der Waals surface area contributed by atoms with Crippen molar-refractivity contribution < 1.29 is 4.92 Å². The molecule has 9 nitrogen and oxygen atoms in total. The van der Waals surface area contributed by atoms with Crippen LogP contribution in [0.4, 0.5) is 28.8 Å². The molecule has 5 N–H and O–H groups in total. The third-order valence-corrected chi connectivity index (χ3v) is 4.54. The van der Waals surface area contributed by atoms with Crippen LogP contribution in [0.5, 0.6) is 0 Å². The average molecular weight is 444 g/mol. The molecule has 0 bridgehead atoms. The number of aryl methyl sites for hydroxylation is 1.